The fraction of sp³-hybridized carbons (Fsp3) is 0.800. The van der Waals surface area contributed by atoms with E-state index in [1.165, 1.54) is 6.92 Å². The zero-order valence-electron chi connectivity index (χ0n) is 13.0. The summed E-state index contributed by atoms with van der Waals surface area (Å²) in [5, 5.41) is 0. The lowest BCUT2D eigenvalue weighted by atomic mass is 9.73. The van der Waals surface area contributed by atoms with E-state index in [-0.39, 0.29) is 30.5 Å². The van der Waals surface area contributed by atoms with Crippen molar-refractivity contribution in [2.45, 2.75) is 57.9 Å². The van der Waals surface area contributed by atoms with Crippen LogP contribution >= 0.6 is 0 Å². The molecule has 0 saturated carbocycles. The summed E-state index contributed by atoms with van der Waals surface area (Å²) in [5.74, 6) is -0.414. The molecule has 5 atom stereocenters. The van der Waals surface area contributed by atoms with E-state index < -0.39 is 18.4 Å². The molecular formula is C15H24O6. The Morgan fingerprint density at radius 2 is 2.10 bits per heavy atom. The molecule has 0 bridgehead atoms. The molecule has 0 unspecified atom stereocenters. The topological polar surface area (TPSA) is 63.2 Å². The lowest BCUT2D eigenvalue weighted by Crippen LogP contribution is -2.65. The molecule has 2 heterocycles. The Balaban J connectivity index is 2.26. The highest BCUT2D eigenvalue weighted by Gasteiger charge is 2.56. The van der Waals surface area contributed by atoms with Crippen molar-refractivity contribution in [1.29, 1.82) is 0 Å². The van der Waals surface area contributed by atoms with E-state index in [0.717, 1.165) is 0 Å². The maximum atomic E-state index is 11.2. The van der Waals surface area contributed by atoms with Crippen LogP contribution in [0.3, 0.4) is 0 Å². The number of hydrogen-bond acceptors (Lipinski definition) is 6. The Kier molecular flexibility index (Phi) is 5.03. The van der Waals surface area contributed by atoms with E-state index in [0.29, 0.717) is 6.42 Å². The third-order valence-corrected chi connectivity index (χ3v) is 4.18. The predicted molar refractivity (Wildman–Crippen MR) is 74.4 cm³/mol. The number of esters is 1. The quantitative estimate of drug-likeness (QED) is 0.581. The monoisotopic (exact) mass is 300 g/mol. The SMILES string of the molecule is C=CC[C@@H]1O[C@H]2[C@@H](OC(C)=O)OCO[C@H]2[C@H](OC)C1(C)C. The highest BCUT2D eigenvalue weighted by atomic mass is 16.8. The van der Waals surface area contributed by atoms with Crippen LogP contribution in [-0.2, 0) is 28.5 Å². The maximum absolute atomic E-state index is 11.2. The molecule has 0 radical (unpaired) electrons. The molecule has 2 aliphatic rings. The lowest BCUT2D eigenvalue weighted by Gasteiger charge is -2.53. The third kappa shape index (κ3) is 3.13. The van der Waals surface area contributed by atoms with Gasteiger partial charge in [0.2, 0.25) is 6.29 Å². The number of ether oxygens (including phenoxy) is 5. The van der Waals surface area contributed by atoms with Gasteiger partial charge in [0, 0.05) is 19.4 Å². The van der Waals surface area contributed by atoms with E-state index in [1.54, 1.807) is 7.11 Å². The number of carbonyl (C=O) groups excluding carboxylic acids is 1. The van der Waals surface area contributed by atoms with E-state index >= 15 is 0 Å². The third-order valence-electron chi connectivity index (χ3n) is 4.18. The standard InChI is InChI=1S/C15H24O6/c1-6-7-10-15(3,4)13(17-5)11-12(21-10)14(19-8-18-11)20-9(2)16/h6,10-14H,1,7-8H2,2-5H3/t10-,11+,12+,13-,14+/m0/s1. The van der Waals surface area contributed by atoms with Crippen LogP contribution in [0.4, 0.5) is 0 Å². The molecule has 0 aromatic carbocycles. The van der Waals surface area contributed by atoms with Gasteiger partial charge in [-0.05, 0) is 6.42 Å². The Hall–Kier alpha value is -0.950. The first-order chi connectivity index (χ1) is 9.91. The number of methoxy groups -OCH3 is 1. The molecule has 2 fully saturated rings. The van der Waals surface area contributed by atoms with Crippen LogP contribution in [0.2, 0.25) is 0 Å². The zero-order valence-corrected chi connectivity index (χ0v) is 13.0. The van der Waals surface area contributed by atoms with Crippen LogP contribution in [0.25, 0.3) is 0 Å². The Labute approximate surface area is 125 Å². The molecule has 6 nitrogen and oxygen atoms in total. The molecule has 0 amide bonds. The second-order valence-corrected chi connectivity index (χ2v) is 5.99. The lowest BCUT2D eigenvalue weighted by molar-refractivity contribution is -0.360. The van der Waals surface area contributed by atoms with Crippen molar-refractivity contribution in [2.75, 3.05) is 13.9 Å². The molecular weight excluding hydrogens is 276 g/mol. The number of fused-ring (bicyclic) bond motifs is 1. The molecule has 0 aromatic heterocycles. The molecule has 0 aromatic rings. The summed E-state index contributed by atoms with van der Waals surface area (Å²) in [5.41, 5.74) is -0.262. The van der Waals surface area contributed by atoms with Gasteiger partial charge < -0.3 is 23.7 Å². The van der Waals surface area contributed by atoms with Crippen LogP contribution in [0.15, 0.2) is 12.7 Å². The minimum atomic E-state index is -0.776. The fourth-order valence-corrected chi connectivity index (χ4v) is 3.12. The summed E-state index contributed by atoms with van der Waals surface area (Å²) in [6.45, 7) is 9.31. The summed E-state index contributed by atoms with van der Waals surface area (Å²) in [6, 6.07) is 0. The number of rotatable bonds is 4. The normalized spacial score (nSPS) is 38.4. The van der Waals surface area contributed by atoms with E-state index in [1.807, 2.05) is 6.08 Å². The first-order valence-corrected chi connectivity index (χ1v) is 7.11. The van der Waals surface area contributed by atoms with Gasteiger partial charge >= 0.3 is 5.97 Å². The Morgan fingerprint density at radius 3 is 2.67 bits per heavy atom. The van der Waals surface area contributed by atoms with E-state index in [9.17, 15) is 4.79 Å². The smallest absolute Gasteiger partial charge is 0.305 e. The highest BCUT2D eigenvalue weighted by Crippen LogP contribution is 2.43. The van der Waals surface area contributed by atoms with Gasteiger partial charge in [-0.25, -0.2) is 0 Å². The second-order valence-electron chi connectivity index (χ2n) is 5.99. The van der Waals surface area contributed by atoms with Gasteiger partial charge in [-0.1, -0.05) is 19.9 Å². The molecule has 2 saturated heterocycles. The molecule has 0 spiro atoms. The van der Waals surface area contributed by atoms with Crippen LogP contribution in [-0.4, -0.2) is 50.6 Å². The fourth-order valence-electron chi connectivity index (χ4n) is 3.12. The van der Waals surface area contributed by atoms with Gasteiger partial charge in [-0.15, -0.1) is 6.58 Å². The Morgan fingerprint density at radius 1 is 1.38 bits per heavy atom. The van der Waals surface area contributed by atoms with Crippen molar-refractivity contribution in [3.8, 4) is 0 Å². The van der Waals surface area contributed by atoms with Crippen molar-refractivity contribution in [3.63, 3.8) is 0 Å². The molecule has 120 valence electrons. The zero-order chi connectivity index (χ0) is 15.6. The summed E-state index contributed by atoms with van der Waals surface area (Å²) < 4.78 is 28.0. The van der Waals surface area contributed by atoms with Gasteiger partial charge in [0.05, 0.1) is 12.2 Å². The molecule has 6 heteroatoms. The van der Waals surface area contributed by atoms with Crippen molar-refractivity contribution in [2.24, 2.45) is 5.41 Å². The van der Waals surface area contributed by atoms with Gasteiger partial charge in [0.1, 0.15) is 12.2 Å². The molecule has 0 N–H and O–H groups in total. The molecule has 21 heavy (non-hydrogen) atoms. The van der Waals surface area contributed by atoms with Crippen molar-refractivity contribution in [3.05, 3.63) is 12.7 Å². The molecule has 2 rings (SSSR count). The number of carbonyl (C=O) groups is 1. The second kappa shape index (κ2) is 6.44. The van der Waals surface area contributed by atoms with Gasteiger partial charge in [-0.3, -0.25) is 4.79 Å². The van der Waals surface area contributed by atoms with Gasteiger partial charge in [0.15, 0.2) is 6.79 Å². The first-order valence-electron chi connectivity index (χ1n) is 7.11. The van der Waals surface area contributed by atoms with Gasteiger partial charge in [0.25, 0.3) is 0 Å². The minimum absolute atomic E-state index is 0.0462. The summed E-state index contributed by atoms with van der Waals surface area (Å²) >= 11 is 0. The molecule has 0 aliphatic carbocycles. The average molecular weight is 300 g/mol. The van der Waals surface area contributed by atoms with Crippen molar-refractivity contribution < 1.29 is 28.5 Å². The van der Waals surface area contributed by atoms with Gasteiger partial charge in [-0.2, -0.15) is 0 Å². The average Bonchev–Trinajstić information content (AvgIpc) is 2.40. The van der Waals surface area contributed by atoms with Crippen molar-refractivity contribution >= 4 is 5.97 Å². The summed E-state index contributed by atoms with van der Waals surface area (Å²) in [7, 11) is 1.65. The first kappa shape index (κ1) is 16.4. The van der Waals surface area contributed by atoms with Crippen LogP contribution in [0, 0.1) is 5.41 Å². The summed E-state index contributed by atoms with van der Waals surface area (Å²) in [6.07, 6.45) is 0.540. The van der Waals surface area contributed by atoms with Crippen LogP contribution < -0.4 is 0 Å². The summed E-state index contributed by atoms with van der Waals surface area (Å²) in [4.78, 5) is 11.2. The minimum Gasteiger partial charge on any atom is -0.433 e. The maximum Gasteiger partial charge on any atom is 0.305 e. The highest BCUT2D eigenvalue weighted by molar-refractivity contribution is 5.66. The number of hydrogen-bond donors (Lipinski definition) is 0. The largest absolute Gasteiger partial charge is 0.433 e. The van der Waals surface area contributed by atoms with Crippen molar-refractivity contribution in [1.82, 2.24) is 0 Å². The molecule has 2 aliphatic heterocycles. The van der Waals surface area contributed by atoms with Crippen LogP contribution in [0.1, 0.15) is 27.2 Å². The van der Waals surface area contributed by atoms with Crippen LogP contribution in [0.5, 0.6) is 0 Å². The van der Waals surface area contributed by atoms with E-state index in [2.05, 4.69) is 20.4 Å². The Bertz CT molecular complexity index is 394. The van der Waals surface area contributed by atoms with E-state index in [4.69, 9.17) is 23.7 Å². The predicted octanol–water partition coefficient (Wildman–Crippen LogP) is 1.63.